The number of aromatic hydroxyl groups is 2. The summed E-state index contributed by atoms with van der Waals surface area (Å²) in [6.45, 7) is 8.86. The average molecular weight is 647 g/mol. The number of ether oxygens (including phenoxy) is 2. The van der Waals surface area contributed by atoms with Crippen LogP contribution in [0.4, 0.5) is 0 Å². The number of hydrogen-bond donors (Lipinski definition) is 2. The van der Waals surface area contributed by atoms with Crippen molar-refractivity contribution in [3.8, 4) is 67.5 Å². The second-order valence-electron chi connectivity index (χ2n) is 12.5. The molecule has 0 amide bonds. The van der Waals surface area contributed by atoms with Crippen LogP contribution in [-0.2, 0) is 0 Å². The Hall–Kier alpha value is -5.74. The number of para-hydroxylation sites is 2. The topological polar surface area (TPSA) is 58.9 Å². The molecule has 0 aromatic heterocycles. The lowest BCUT2D eigenvalue weighted by Gasteiger charge is -2.21. The van der Waals surface area contributed by atoms with Crippen molar-refractivity contribution in [1.82, 2.24) is 0 Å². The van der Waals surface area contributed by atoms with Gasteiger partial charge < -0.3 is 19.7 Å². The minimum atomic E-state index is 0.0507. The van der Waals surface area contributed by atoms with E-state index in [1.807, 2.05) is 141 Å². The zero-order valence-corrected chi connectivity index (χ0v) is 28.1. The number of rotatable bonds is 13. The largest absolute Gasteiger partial charge is 0.507 e. The highest BCUT2D eigenvalue weighted by Crippen LogP contribution is 2.43. The molecule has 0 saturated heterocycles. The van der Waals surface area contributed by atoms with E-state index in [9.17, 15) is 10.2 Å². The first-order chi connectivity index (χ1) is 23.9. The molecule has 0 atom stereocenters. The van der Waals surface area contributed by atoms with Crippen LogP contribution in [-0.4, -0.2) is 23.4 Å². The number of phenolic OH excluding ortho intramolecular Hbond substituents is 2. The maximum atomic E-state index is 11.5. The van der Waals surface area contributed by atoms with Crippen LogP contribution in [0.1, 0.15) is 24.0 Å². The van der Waals surface area contributed by atoms with Gasteiger partial charge in [0.05, 0.1) is 13.2 Å². The molecule has 6 rings (SSSR count). The molecule has 0 aliphatic heterocycles. The molecule has 0 fully saturated rings. The standard InChI is InChI=1S/C45H42O4/c1-4-5-14-33(29-48-42-25-23-31(2)27-40(42)38-21-12-19-36(44(38)46)34-15-8-6-9-16-34)30-49-43-26-24-32(3)28-41(43)39-22-13-20-37(45(39)47)35-17-10-7-11-18-35/h4,6-13,15-28,33,46-47H,1,5,14,29-30H2,2-3H3. The van der Waals surface area contributed by atoms with E-state index in [4.69, 9.17) is 9.47 Å². The molecule has 6 aromatic rings. The molecule has 0 bridgehead atoms. The smallest absolute Gasteiger partial charge is 0.131 e. The summed E-state index contributed by atoms with van der Waals surface area (Å²) in [4.78, 5) is 0. The summed E-state index contributed by atoms with van der Waals surface area (Å²) in [6, 6.07) is 43.6. The Balaban J connectivity index is 1.25. The normalized spacial score (nSPS) is 11.0. The quantitative estimate of drug-likeness (QED) is 0.123. The summed E-state index contributed by atoms with van der Waals surface area (Å²) >= 11 is 0. The van der Waals surface area contributed by atoms with E-state index in [0.29, 0.717) is 24.7 Å². The van der Waals surface area contributed by atoms with Crippen molar-refractivity contribution in [1.29, 1.82) is 0 Å². The molecule has 0 spiro atoms. The number of hydrogen-bond acceptors (Lipinski definition) is 4. The highest BCUT2D eigenvalue weighted by Gasteiger charge is 2.19. The maximum Gasteiger partial charge on any atom is 0.131 e. The first-order valence-electron chi connectivity index (χ1n) is 16.8. The second-order valence-corrected chi connectivity index (χ2v) is 12.5. The van der Waals surface area contributed by atoms with Crippen LogP contribution in [0.25, 0.3) is 44.5 Å². The monoisotopic (exact) mass is 646 g/mol. The third kappa shape index (κ3) is 7.71. The fourth-order valence-corrected chi connectivity index (χ4v) is 6.17. The fraction of sp³-hybridized carbons (Fsp3) is 0.156. The van der Waals surface area contributed by atoms with Gasteiger partial charge in [0.15, 0.2) is 0 Å². The number of benzene rings is 6. The highest BCUT2D eigenvalue weighted by atomic mass is 16.5. The van der Waals surface area contributed by atoms with E-state index in [-0.39, 0.29) is 17.4 Å². The Morgan fingerprint density at radius 1 is 0.531 bits per heavy atom. The Labute approximate surface area is 289 Å². The average Bonchev–Trinajstić information content (AvgIpc) is 3.13. The van der Waals surface area contributed by atoms with E-state index >= 15 is 0 Å². The van der Waals surface area contributed by atoms with Gasteiger partial charge >= 0.3 is 0 Å². The van der Waals surface area contributed by atoms with Crippen LogP contribution in [0.5, 0.6) is 23.0 Å². The lowest BCUT2D eigenvalue weighted by Crippen LogP contribution is -2.20. The summed E-state index contributed by atoms with van der Waals surface area (Å²) in [5.74, 6) is 1.90. The Morgan fingerprint density at radius 3 is 1.39 bits per heavy atom. The Morgan fingerprint density at radius 2 is 0.959 bits per heavy atom. The van der Waals surface area contributed by atoms with Gasteiger partial charge in [-0.05, 0) is 62.1 Å². The van der Waals surface area contributed by atoms with Gasteiger partial charge in [0, 0.05) is 39.3 Å². The lowest BCUT2D eigenvalue weighted by molar-refractivity contribution is 0.171. The highest BCUT2D eigenvalue weighted by molar-refractivity contribution is 5.85. The van der Waals surface area contributed by atoms with Gasteiger partial charge in [-0.1, -0.05) is 126 Å². The molecule has 0 radical (unpaired) electrons. The molecule has 2 N–H and O–H groups in total. The van der Waals surface area contributed by atoms with Crippen molar-refractivity contribution in [3.63, 3.8) is 0 Å². The van der Waals surface area contributed by atoms with Crippen LogP contribution in [0.3, 0.4) is 0 Å². The number of phenols is 2. The predicted molar refractivity (Wildman–Crippen MR) is 201 cm³/mol. The first-order valence-corrected chi connectivity index (χ1v) is 16.8. The van der Waals surface area contributed by atoms with Crippen molar-refractivity contribution in [3.05, 3.63) is 157 Å². The Kier molecular flexibility index (Phi) is 10.5. The van der Waals surface area contributed by atoms with Crippen molar-refractivity contribution in [2.75, 3.05) is 13.2 Å². The molecule has 246 valence electrons. The minimum absolute atomic E-state index is 0.0507. The van der Waals surface area contributed by atoms with Crippen LogP contribution >= 0.6 is 0 Å². The van der Waals surface area contributed by atoms with Gasteiger partial charge in [0.1, 0.15) is 23.0 Å². The zero-order chi connectivity index (χ0) is 34.2. The molecule has 0 saturated carbocycles. The second kappa shape index (κ2) is 15.4. The number of aryl methyl sites for hydroxylation is 2. The SMILES string of the molecule is C=CCCC(COc1ccc(C)cc1-c1cccc(-c2ccccc2)c1O)COc1ccc(C)cc1-c1cccc(-c2ccccc2)c1O. The zero-order valence-electron chi connectivity index (χ0n) is 28.1. The van der Waals surface area contributed by atoms with E-state index in [0.717, 1.165) is 68.5 Å². The summed E-state index contributed by atoms with van der Waals surface area (Å²) < 4.78 is 13.1. The van der Waals surface area contributed by atoms with E-state index < -0.39 is 0 Å². The van der Waals surface area contributed by atoms with Gasteiger partial charge in [-0.2, -0.15) is 0 Å². The predicted octanol–water partition coefficient (Wildman–Crippen LogP) is 11.4. The molecule has 49 heavy (non-hydrogen) atoms. The molecule has 0 aliphatic carbocycles. The number of allylic oxidation sites excluding steroid dienone is 1. The lowest BCUT2D eigenvalue weighted by atomic mass is 9.95. The van der Waals surface area contributed by atoms with Crippen LogP contribution in [0.15, 0.2) is 146 Å². The molecular formula is C45H42O4. The van der Waals surface area contributed by atoms with Crippen molar-refractivity contribution in [2.24, 2.45) is 5.92 Å². The fourth-order valence-electron chi connectivity index (χ4n) is 6.17. The van der Waals surface area contributed by atoms with Crippen molar-refractivity contribution >= 4 is 0 Å². The van der Waals surface area contributed by atoms with Gasteiger partial charge in [-0.25, -0.2) is 0 Å². The molecule has 0 unspecified atom stereocenters. The Bertz CT molecular complexity index is 1890. The third-order valence-electron chi connectivity index (χ3n) is 8.82. The molecular weight excluding hydrogens is 604 g/mol. The van der Waals surface area contributed by atoms with E-state index in [1.54, 1.807) is 0 Å². The van der Waals surface area contributed by atoms with Gasteiger partial charge in [-0.15, -0.1) is 6.58 Å². The van der Waals surface area contributed by atoms with Crippen LogP contribution in [0, 0.1) is 19.8 Å². The minimum Gasteiger partial charge on any atom is -0.507 e. The molecule has 4 heteroatoms. The first kappa shape index (κ1) is 33.2. The van der Waals surface area contributed by atoms with Crippen LogP contribution < -0.4 is 9.47 Å². The molecule has 0 aliphatic rings. The van der Waals surface area contributed by atoms with Crippen molar-refractivity contribution < 1.29 is 19.7 Å². The summed E-state index contributed by atoms with van der Waals surface area (Å²) in [7, 11) is 0. The third-order valence-corrected chi connectivity index (χ3v) is 8.82. The maximum absolute atomic E-state index is 11.5. The molecule has 0 heterocycles. The molecule has 6 aromatic carbocycles. The molecule has 4 nitrogen and oxygen atoms in total. The van der Waals surface area contributed by atoms with E-state index in [2.05, 4.69) is 18.7 Å². The summed E-state index contributed by atoms with van der Waals surface area (Å²) in [5, 5.41) is 22.9. The van der Waals surface area contributed by atoms with Gasteiger partial charge in [0.2, 0.25) is 0 Å². The van der Waals surface area contributed by atoms with E-state index in [1.165, 1.54) is 0 Å². The van der Waals surface area contributed by atoms with Gasteiger partial charge in [0.25, 0.3) is 0 Å². The summed E-state index contributed by atoms with van der Waals surface area (Å²) in [6.07, 6.45) is 3.57. The van der Waals surface area contributed by atoms with Crippen LogP contribution in [0.2, 0.25) is 0 Å². The van der Waals surface area contributed by atoms with Crippen molar-refractivity contribution in [2.45, 2.75) is 26.7 Å². The van der Waals surface area contributed by atoms with Gasteiger partial charge in [-0.3, -0.25) is 0 Å². The summed E-state index contributed by atoms with van der Waals surface area (Å²) in [5.41, 5.74) is 8.73.